The van der Waals surface area contributed by atoms with Crippen LogP contribution in [0.4, 0.5) is 5.69 Å². The lowest BCUT2D eigenvalue weighted by Gasteiger charge is -2.11. The zero-order chi connectivity index (χ0) is 17.6. The van der Waals surface area contributed by atoms with E-state index in [4.69, 9.17) is 0 Å². The van der Waals surface area contributed by atoms with E-state index in [0.29, 0.717) is 23.2 Å². The summed E-state index contributed by atoms with van der Waals surface area (Å²) in [6.45, 7) is 1.51. The van der Waals surface area contributed by atoms with Gasteiger partial charge in [0.05, 0.1) is 0 Å². The van der Waals surface area contributed by atoms with Gasteiger partial charge in [0.15, 0.2) is 5.78 Å². The molecular formula is C22H19NO2. The Bertz CT molecular complexity index is 901. The summed E-state index contributed by atoms with van der Waals surface area (Å²) in [5, 5.41) is 2.89. The van der Waals surface area contributed by atoms with Crippen LogP contribution >= 0.6 is 0 Å². The number of hydrogen-bond acceptors (Lipinski definition) is 2. The first-order valence-corrected chi connectivity index (χ1v) is 8.17. The minimum Gasteiger partial charge on any atom is -0.322 e. The van der Waals surface area contributed by atoms with E-state index in [2.05, 4.69) is 5.32 Å². The molecule has 1 N–H and O–H groups in total. The smallest absolute Gasteiger partial charge is 0.255 e. The van der Waals surface area contributed by atoms with E-state index >= 15 is 0 Å². The van der Waals surface area contributed by atoms with Crippen LogP contribution < -0.4 is 5.32 Å². The molecule has 3 rings (SSSR count). The van der Waals surface area contributed by atoms with E-state index < -0.39 is 0 Å². The Kier molecular flexibility index (Phi) is 5.05. The van der Waals surface area contributed by atoms with Crippen molar-refractivity contribution in [2.45, 2.75) is 13.3 Å². The lowest BCUT2D eigenvalue weighted by atomic mass is 9.99. The predicted molar refractivity (Wildman–Crippen MR) is 100 cm³/mol. The fourth-order valence-electron chi connectivity index (χ4n) is 2.73. The Labute approximate surface area is 147 Å². The summed E-state index contributed by atoms with van der Waals surface area (Å²) in [6, 6.07) is 24.6. The third kappa shape index (κ3) is 4.21. The maximum Gasteiger partial charge on any atom is 0.255 e. The largest absolute Gasteiger partial charge is 0.322 e. The molecule has 3 aromatic rings. The molecule has 3 nitrogen and oxygen atoms in total. The highest BCUT2D eigenvalue weighted by Crippen LogP contribution is 2.17. The summed E-state index contributed by atoms with van der Waals surface area (Å²) in [5.74, 6) is -0.201. The van der Waals surface area contributed by atoms with Crippen molar-refractivity contribution < 1.29 is 9.59 Å². The highest BCUT2D eigenvalue weighted by atomic mass is 16.1. The van der Waals surface area contributed by atoms with Crippen molar-refractivity contribution in [1.29, 1.82) is 0 Å². The quantitative estimate of drug-likeness (QED) is 0.688. The molecule has 0 aliphatic rings. The van der Waals surface area contributed by atoms with E-state index in [0.717, 1.165) is 11.1 Å². The van der Waals surface area contributed by atoms with Gasteiger partial charge < -0.3 is 5.32 Å². The second-order valence-electron chi connectivity index (χ2n) is 5.91. The average Bonchev–Trinajstić information content (AvgIpc) is 2.63. The van der Waals surface area contributed by atoms with Crippen LogP contribution in [0.1, 0.15) is 38.8 Å². The van der Waals surface area contributed by atoms with Crippen molar-refractivity contribution in [3.8, 4) is 0 Å². The molecule has 1 amide bonds. The standard InChI is InChI=1S/C22H19NO2/c1-16(24)18-11-7-12-20(15-18)23-22(25)21-13-6-5-10-19(21)14-17-8-3-2-4-9-17/h2-13,15H,14H2,1H3,(H,23,25). The van der Waals surface area contributed by atoms with Gasteiger partial charge in [0.2, 0.25) is 0 Å². The number of nitrogens with one attached hydrogen (secondary N) is 1. The molecule has 25 heavy (non-hydrogen) atoms. The van der Waals surface area contributed by atoms with Gasteiger partial charge in [-0.25, -0.2) is 0 Å². The fraction of sp³-hybridized carbons (Fsp3) is 0.0909. The van der Waals surface area contributed by atoms with Crippen molar-refractivity contribution in [3.05, 3.63) is 101 Å². The summed E-state index contributed by atoms with van der Waals surface area (Å²) < 4.78 is 0. The summed E-state index contributed by atoms with van der Waals surface area (Å²) in [4.78, 5) is 24.2. The number of carbonyl (C=O) groups is 2. The highest BCUT2D eigenvalue weighted by molar-refractivity contribution is 6.06. The van der Waals surface area contributed by atoms with Gasteiger partial charge in [0.25, 0.3) is 5.91 Å². The summed E-state index contributed by atoms with van der Waals surface area (Å²) in [6.07, 6.45) is 0.692. The molecule has 124 valence electrons. The molecule has 0 radical (unpaired) electrons. The molecule has 0 unspecified atom stereocenters. The monoisotopic (exact) mass is 329 g/mol. The number of rotatable bonds is 5. The third-order valence-electron chi connectivity index (χ3n) is 4.03. The second kappa shape index (κ2) is 7.58. The zero-order valence-electron chi connectivity index (χ0n) is 14.0. The predicted octanol–water partition coefficient (Wildman–Crippen LogP) is 4.73. The first-order valence-electron chi connectivity index (χ1n) is 8.17. The maximum absolute atomic E-state index is 12.7. The molecule has 0 aliphatic carbocycles. The number of carbonyl (C=O) groups excluding carboxylic acids is 2. The lowest BCUT2D eigenvalue weighted by Crippen LogP contribution is -2.14. The van der Waals surface area contributed by atoms with Crippen molar-refractivity contribution in [3.63, 3.8) is 0 Å². The van der Waals surface area contributed by atoms with Crippen LogP contribution in [0.3, 0.4) is 0 Å². The Balaban J connectivity index is 1.83. The first-order chi connectivity index (χ1) is 12.1. The Morgan fingerprint density at radius 3 is 2.32 bits per heavy atom. The van der Waals surface area contributed by atoms with Gasteiger partial charge in [0.1, 0.15) is 0 Å². The van der Waals surface area contributed by atoms with Crippen LogP contribution in [0.25, 0.3) is 0 Å². The van der Waals surface area contributed by atoms with Crippen molar-refractivity contribution in [2.75, 3.05) is 5.32 Å². The molecule has 0 fully saturated rings. The summed E-state index contributed by atoms with van der Waals surface area (Å²) >= 11 is 0. The first kappa shape index (κ1) is 16.7. The minimum atomic E-state index is -0.174. The second-order valence-corrected chi connectivity index (χ2v) is 5.91. The van der Waals surface area contributed by atoms with Gasteiger partial charge in [-0.1, -0.05) is 60.7 Å². The molecule has 0 atom stereocenters. The number of anilines is 1. The van der Waals surface area contributed by atoms with Crippen LogP contribution in [-0.2, 0) is 6.42 Å². The van der Waals surface area contributed by atoms with Gasteiger partial charge in [0, 0.05) is 16.8 Å². The highest BCUT2D eigenvalue weighted by Gasteiger charge is 2.12. The Morgan fingerprint density at radius 1 is 0.840 bits per heavy atom. The van der Waals surface area contributed by atoms with Crippen LogP contribution in [0, 0.1) is 0 Å². The van der Waals surface area contributed by atoms with Crippen molar-refractivity contribution in [2.24, 2.45) is 0 Å². The zero-order valence-corrected chi connectivity index (χ0v) is 14.0. The molecule has 3 aromatic carbocycles. The van der Waals surface area contributed by atoms with E-state index in [1.807, 2.05) is 54.6 Å². The molecule has 0 aromatic heterocycles. The third-order valence-corrected chi connectivity index (χ3v) is 4.03. The number of hydrogen-bond donors (Lipinski definition) is 1. The van der Waals surface area contributed by atoms with E-state index in [-0.39, 0.29) is 11.7 Å². The Hall–Kier alpha value is -3.20. The fourth-order valence-corrected chi connectivity index (χ4v) is 2.73. The molecule has 0 aliphatic heterocycles. The summed E-state index contributed by atoms with van der Waals surface area (Å²) in [5.41, 5.74) is 3.96. The molecule has 0 saturated carbocycles. The normalized spacial score (nSPS) is 10.3. The van der Waals surface area contributed by atoms with E-state index in [9.17, 15) is 9.59 Å². The number of ketones is 1. The number of benzene rings is 3. The maximum atomic E-state index is 12.7. The van der Waals surface area contributed by atoms with Gasteiger partial charge >= 0.3 is 0 Å². The van der Waals surface area contributed by atoms with E-state index in [1.54, 1.807) is 24.3 Å². The molecule has 0 spiro atoms. The van der Waals surface area contributed by atoms with Gasteiger partial charge in [-0.3, -0.25) is 9.59 Å². The summed E-state index contributed by atoms with van der Waals surface area (Å²) in [7, 11) is 0. The molecular weight excluding hydrogens is 310 g/mol. The molecule has 0 heterocycles. The van der Waals surface area contributed by atoms with Gasteiger partial charge in [-0.05, 0) is 42.7 Å². The SMILES string of the molecule is CC(=O)c1cccc(NC(=O)c2ccccc2Cc2ccccc2)c1. The lowest BCUT2D eigenvalue weighted by molar-refractivity contribution is 0.101. The average molecular weight is 329 g/mol. The van der Waals surface area contributed by atoms with Crippen LogP contribution in [0.15, 0.2) is 78.9 Å². The van der Waals surface area contributed by atoms with Crippen LogP contribution in [0.5, 0.6) is 0 Å². The van der Waals surface area contributed by atoms with Crippen molar-refractivity contribution >= 4 is 17.4 Å². The number of amides is 1. The molecule has 0 bridgehead atoms. The Morgan fingerprint density at radius 2 is 1.56 bits per heavy atom. The minimum absolute atomic E-state index is 0.0272. The number of Topliss-reactive ketones (excluding diaryl/α,β-unsaturated/α-hetero) is 1. The topological polar surface area (TPSA) is 46.2 Å². The molecule has 3 heteroatoms. The van der Waals surface area contributed by atoms with Gasteiger partial charge in [-0.15, -0.1) is 0 Å². The van der Waals surface area contributed by atoms with Gasteiger partial charge in [-0.2, -0.15) is 0 Å². The van der Waals surface area contributed by atoms with Crippen LogP contribution in [0.2, 0.25) is 0 Å². The van der Waals surface area contributed by atoms with Crippen LogP contribution in [-0.4, -0.2) is 11.7 Å². The van der Waals surface area contributed by atoms with E-state index in [1.165, 1.54) is 6.92 Å². The van der Waals surface area contributed by atoms with Crippen molar-refractivity contribution in [1.82, 2.24) is 0 Å². The molecule has 0 saturated heterocycles.